The molecule has 1 saturated heterocycles. The van der Waals surface area contributed by atoms with Gasteiger partial charge in [0.05, 0.1) is 19.3 Å². The van der Waals surface area contributed by atoms with Crippen LogP contribution >= 0.6 is 0 Å². The molecule has 0 aliphatic carbocycles. The van der Waals surface area contributed by atoms with Gasteiger partial charge >= 0.3 is 0 Å². The number of amides is 1. The van der Waals surface area contributed by atoms with E-state index in [1.165, 1.54) is 4.68 Å². The second kappa shape index (κ2) is 6.70. The molecule has 0 spiro atoms. The highest BCUT2D eigenvalue weighted by Crippen LogP contribution is 2.38. The quantitative estimate of drug-likeness (QED) is 0.840. The van der Waals surface area contributed by atoms with Crippen molar-refractivity contribution in [3.8, 4) is 11.5 Å². The maximum Gasteiger partial charge on any atom is 0.244 e. The van der Waals surface area contributed by atoms with Crippen molar-refractivity contribution in [1.82, 2.24) is 25.1 Å². The maximum atomic E-state index is 12.7. The predicted molar refractivity (Wildman–Crippen MR) is 88.3 cm³/mol. The van der Waals surface area contributed by atoms with E-state index < -0.39 is 0 Å². The molecule has 2 aliphatic rings. The number of fused-ring (bicyclic) bond motifs is 1. The van der Waals surface area contributed by atoms with Crippen LogP contribution in [0.5, 0.6) is 11.5 Å². The third kappa shape index (κ3) is 3.16. The SMILES string of the molecule is Cc1nnnn1CC(=O)N1CCC[C@H]1c1ccc2c(c1)OCCCO2. The Morgan fingerprint density at radius 2 is 2.08 bits per heavy atom. The number of nitrogens with zero attached hydrogens (tertiary/aromatic N) is 5. The molecule has 0 N–H and O–H groups in total. The highest BCUT2D eigenvalue weighted by molar-refractivity contribution is 5.77. The zero-order valence-corrected chi connectivity index (χ0v) is 14.2. The van der Waals surface area contributed by atoms with E-state index in [9.17, 15) is 4.79 Å². The fraction of sp³-hybridized carbons (Fsp3) is 0.529. The molecule has 8 nitrogen and oxygen atoms in total. The average Bonchev–Trinajstić information content (AvgIpc) is 3.18. The van der Waals surface area contributed by atoms with Crippen LogP contribution in [0, 0.1) is 6.92 Å². The molecule has 0 unspecified atom stereocenters. The topological polar surface area (TPSA) is 82.4 Å². The zero-order valence-electron chi connectivity index (χ0n) is 14.2. The number of ether oxygens (including phenoxy) is 2. The van der Waals surface area contributed by atoms with E-state index in [4.69, 9.17) is 9.47 Å². The Hall–Kier alpha value is -2.64. The molecule has 25 heavy (non-hydrogen) atoms. The summed E-state index contributed by atoms with van der Waals surface area (Å²) in [6.07, 6.45) is 2.81. The molecule has 4 rings (SSSR count). The summed E-state index contributed by atoms with van der Waals surface area (Å²) in [5.74, 6) is 2.22. The van der Waals surface area contributed by atoms with E-state index in [1.54, 1.807) is 6.92 Å². The van der Waals surface area contributed by atoms with Gasteiger partial charge in [0.25, 0.3) is 0 Å². The van der Waals surface area contributed by atoms with Crippen molar-refractivity contribution in [1.29, 1.82) is 0 Å². The number of benzene rings is 1. The first-order valence-electron chi connectivity index (χ1n) is 8.64. The number of likely N-dealkylation sites (tertiary alicyclic amines) is 1. The molecule has 1 fully saturated rings. The minimum Gasteiger partial charge on any atom is -0.490 e. The molecule has 2 aromatic rings. The lowest BCUT2D eigenvalue weighted by Gasteiger charge is -2.25. The third-order valence-electron chi connectivity index (χ3n) is 4.73. The number of carbonyl (C=O) groups excluding carboxylic acids is 1. The summed E-state index contributed by atoms with van der Waals surface area (Å²) in [6.45, 7) is 4.03. The van der Waals surface area contributed by atoms with Gasteiger partial charge in [-0.05, 0) is 47.9 Å². The number of hydrogen-bond donors (Lipinski definition) is 0. The number of carbonyl (C=O) groups is 1. The van der Waals surface area contributed by atoms with Gasteiger partial charge in [0, 0.05) is 13.0 Å². The van der Waals surface area contributed by atoms with Crippen LogP contribution in [-0.4, -0.2) is 50.8 Å². The van der Waals surface area contributed by atoms with Gasteiger partial charge in [-0.1, -0.05) is 6.07 Å². The van der Waals surface area contributed by atoms with Gasteiger partial charge in [0.2, 0.25) is 5.91 Å². The third-order valence-corrected chi connectivity index (χ3v) is 4.73. The summed E-state index contributed by atoms with van der Waals surface area (Å²) in [5, 5.41) is 11.3. The summed E-state index contributed by atoms with van der Waals surface area (Å²) < 4.78 is 13.0. The summed E-state index contributed by atoms with van der Waals surface area (Å²) in [5.41, 5.74) is 1.09. The van der Waals surface area contributed by atoms with Crippen LogP contribution in [0.1, 0.15) is 36.7 Å². The van der Waals surface area contributed by atoms with Crippen LogP contribution in [0.25, 0.3) is 0 Å². The first-order valence-corrected chi connectivity index (χ1v) is 8.64. The first-order chi connectivity index (χ1) is 12.2. The Bertz CT molecular complexity index is 775. The smallest absolute Gasteiger partial charge is 0.244 e. The number of rotatable bonds is 3. The summed E-state index contributed by atoms with van der Waals surface area (Å²) >= 11 is 0. The molecule has 2 aliphatic heterocycles. The van der Waals surface area contributed by atoms with Crippen LogP contribution < -0.4 is 9.47 Å². The lowest BCUT2D eigenvalue weighted by Crippen LogP contribution is -2.34. The van der Waals surface area contributed by atoms with Crippen LogP contribution in [0.4, 0.5) is 0 Å². The number of aromatic nitrogens is 4. The summed E-state index contributed by atoms with van der Waals surface area (Å²) in [4.78, 5) is 14.7. The molecular formula is C17H21N5O3. The van der Waals surface area contributed by atoms with E-state index in [0.29, 0.717) is 19.0 Å². The van der Waals surface area contributed by atoms with Gasteiger partial charge in [-0.25, -0.2) is 4.68 Å². The Balaban J connectivity index is 1.54. The van der Waals surface area contributed by atoms with Crippen molar-refractivity contribution >= 4 is 5.91 Å². The number of aryl methyl sites for hydroxylation is 1. The van der Waals surface area contributed by atoms with Gasteiger partial charge in [0.1, 0.15) is 12.4 Å². The van der Waals surface area contributed by atoms with E-state index in [1.807, 2.05) is 23.1 Å². The summed E-state index contributed by atoms with van der Waals surface area (Å²) in [7, 11) is 0. The largest absolute Gasteiger partial charge is 0.490 e. The lowest BCUT2D eigenvalue weighted by molar-refractivity contribution is -0.133. The second-order valence-electron chi connectivity index (χ2n) is 6.39. The Morgan fingerprint density at radius 1 is 1.24 bits per heavy atom. The van der Waals surface area contributed by atoms with E-state index >= 15 is 0 Å². The predicted octanol–water partition coefficient (Wildman–Crippen LogP) is 1.51. The van der Waals surface area contributed by atoms with Crippen LogP contribution in [-0.2, 0) is 11.3 Å². The number of tetrazole rings is 1. The van der Waals surface area contributed by atoms with Crippen molar-refractivity contribution in [2.75, 3.05) is 19.8 Å². The molecule has 1 aromatic carbocycles. The maximum absolute atomic E-state index is 12.7. The Labute approximate surface area is 145 Å². The van der Waals surface area contributed by atoms with Crippen molar-refractivity contribution in [2.24, 2.45) is 0 Å². The van der Waals surface area contributed by atoms with Crippen molar-refractivity contribution < 1.29 is 14.3 Å². The van der Waals surface area contributed by atoms with Gasteiger partial charge < -0.3 is 14.4 Å². The number of hydrogen-bond acceptors (Lipinski definition) is 6. The molecule has 132 valence electrons. The normalized spacial score (nSPS) is 19.7. The van der Waals surface area contributed by atoms with Gasteiger partial charge in [-0.2, -0.15) is 0 Å². The monoisotopic (exact) mass is 343 g/mol. The molecule has 1 aromatic heterocycles. The van der Waals surface area contributed by atoms with E-state index in [0.717, 1.165) is 42.9 Å². The average molecular weight is 343 g/mol. The second-order valence-corrected chi connectivity index (χ2v) is 6.39. The van der Waals surface area contributed by atoms with Gasteiger partial charge in [-0.3, -0.25) is 4.79 Å². The van der Waals surface area contributed by atoms with Crippen LogP contribution in [0.3, 0.4) is 0 Å². The van der Waals surface area contributed by atoms with Gasteiger partial charge in [0.15, 0.2) is 11.5 Å². The zero-order chi connectivity index (χ0) is 17.2. The molecule has 8 heteroatoms. The van der Waals surface area contributed by atoms with Crippen molar-refractivity contribution in [3.05, 3.63) is 29.6 Å². The van der Waals surface area contributed by atoms with Crippen molar-refractivity contribution in [3.63, 3.8) is 0 Å². The first kappa shape index (κ1) is 15.9. The Morgan fingerprint density at radius 3 is 2.88 bits per heavy atom. The van der Waals surface area contributed by atoms with Crippen molar-refractivity contribution in [2.45, 2.75) is 38.8 Å². The highest BCUT2D eigenvalue weighted by Gasteiger charge is 2.31. The highest BCUT2D eigenvalue weighted by atomic mass is 16.5. The van der Waals surface area contributed by atoms with Crippen LogP contribution in [0.2, 0.25) is 0 Å². The van der Waals surface area contributed by atoms with E-state index in [2.05, 4.69) is 15.5 Å². The molecule has 1 atom stereocenters. The molecule has 0 saturated carbocycles. The fourth-order valence-electron chi connectivity index (χ4n) is 3.41. The minimum atomic E-state index is 0.0324. The molecule has 3 heterocycles. The minimum absolute atomic E-state index is 0.0324. The standard InChI is InChI=1S/C17H21N5O3/c1-12-18-19-20-22(12)11-17(23)21-7-2-4-14(21)13-5-6-15-16(10-13)25-9-3-8-24-15/h5-6,10,14H,2-4,7-9,11H2,1H3/t14-/m0/s1. The lowest BCUT2D eigenvalue weighted by atomic mass is 10.0. The molecular weight excluding hydrogens is 322 g/mol. The molecule has 0 bridgehead atoms. The van der Waals surface area contributed by atoms with Crippen LogP contribution in [0.15, 0.2) is 18.2 Å². The molecule has 0 radical (unpaired) electrons. The molecule has 1 amide bonds. The fourth-order valence-corrected chi connectivity index (χ4v) is 3.41. The van der Waals surface area contributed by atoms with Gasteiger partial charge in [-0.15, -0.1) is 5.10 Å². The summed E-state index contributed by atoms with van der Waals surface area (Å²) in [6, 6.07) is 6.05. The Kier molecular flexibility index (Phi) is 4.25. The van der Waals surface area contributed by atoms with E-state index in [-0.39, 0.29) is 18.5 Å².